The Morgan fingerprint density at radius 1 is 1.03 bits per heavy atom. The molecule has 36 heavy (non-hydrogen) atoms. The molecule has 0 bridgehead atoms. The number of carbonyl (C=O) groups excluding carboxylic acids is 1. The predicted octanol–water partition coefficient (Wildman–Crippen LogP) is 7.67. The van der Waals surface area contributed by atoms with E-state index in [1.165, 1.54) is 50.1 Å². The van der Waals surface area contributed by atoms with E-state index in [1.807, 2.05) is 18.2 Å². The summed E-state index contributed by atoms with van der Waals surface area (Å²) in [7, 11) is 0. The van der Waals surface area contributed by atoms with Gasteiger partial charge in [-0.2, -0.15) is 4.37 Å². The number of hydrogen-bond acceptors (Lipinski definition) is 8. The van der Waals surface area contributed by atoms with E-state index in [0.717, 1.165) is 47.5 Å². The minimum absolute atomic E-state index is 0.136. The Balaban J connectivity index is 1.89. The quantitative estimate of drug-likeness (QED) is 0.0413. The van der Waals surface area contributed by atoms with Gasteiger partial charge in [-0.05, 0) is 60.8 Å². The maximum Gasteiger partial charge on any atom is 0.333 e. The highest BCUT2D eigenvalue weighted by atomic mass is 32.1. The SMILES string of the molecule is CCCC(C)CCCCC(CCC(C)CCC)NC(=O)NNc1snc2ccc(NOOCS)cc12. The fourth-order valence-corrected chi connectivity index (χ4v) is 5.23. The van der Waals surface area contributed by atoms with Crippen LogP contribution in [0.2, 0.25) is 0 Å². The highest BCUT2D eigenvalue weighted by Gasteiger charge is 2.15. The zero-order valence-corrected chi connectivity index (χ0v) is 24.0. The fraction of sp³-hybridized carbons (Fsp3) is 0.692. The number of fused-ring (bicyclic) bond motifs is 1. The van der Waals surface area contributed by atoms with Crippen molar-refractivity contribution in [3.05, 3.63) is 18.2 Å². The molecule has 1 aromatic heterocycles. The number of nitrogens with zero attached hydrogens (tertiary/aromatic N) is 1. The summed E-state index contributed by atoms with van der Waals surface area (Å²) >= 11 is 5.21. The minimum Gasteiger partial charge on any atom is -0.334 e. The van der Waals surface area contributed by atoms with Crippen molar-refractivity contribution in [3.8, 4) is 0 Å². The zero-order valence-electron chi connectivity index (χ0n) is 22.3. The van der Waals surface area contributed by atoms with Crippen LogP contribution in [0.5, 0.6) is 0 Å². The molecule has 8 nitrogen and oxygen atoms in total. The summed E-state index contributed by atoms with van der Waals surface area (Å²) in [4.78, 5) is 22.4. The number of thiol groups is 1. The van der Waals surface area contributed by atoms with Gasteiger partial charge in [0.1, 0.15) is 10.9 Å². The number of carbonyl (C=O) groups is 1. The molecule has 0 aliphatic carbocycles. The molecular weight excluding hydrogens is 494 g/mol. The van der Waals surface area contributed by atoms with Crippen LogP contribution in [0, 0.1) is 11.8 Å². The third-order valence-corrected chi connectivity index (χ3v) is 7.34. The largest absolute Gasteiger partial charge is 0.334 e. The normalized spacial score (nSPS) is 13.8. The molecule has 0 saturated heterocycles. The third-order valence-electron chi connectivity index (χ3n) is 6.44. The van der Waals surface area contributed by atoms with E-state index in [2.05, 4.69) is 66.3 Å². The maximum atomic E-state index is 12.8. The first-order valence-corrected chi connectivity index (χ1v) is 14.7. The minimum atomic E-state index is -0.219. The molecule has 204 valence electrons. The predicted molar refractivity (Wildman–Crippen MR) is 154 cm³/mol. The van der Waals surface area contributed by atoms with Gasteiger partial charge >= 0.3 is 6.03 Å². The lowest BCUT2D eigenvalue weighted by Crippen LogP contribution is -2.44. The first kappa shape index (κ1) is 30.5. The summed E-state index contributed by atoms with van der Waals surface area (Å²) in [6, 6.07) is 5.54. The number of aromatic nitrogens is 1. The molecule has 0 fully saturated rings. The van der Waals surface area contributed by atoms with Crippen LogP contribution in [-0.4, -0.2) is 22.4 Å². The van der Waals surface area contributed by atoms with E-state index in [9.17, 15) is 4.79 Å². The third kappa shape index (κ3) is 11.5. The molecule has 1 heterocycles. The Bertz CT molecular complexity index is 882. The second kappa shape index (κ2) is 17.7. The number of anilines is 2. The molecule has 0 radical (unpaired) electrons. The van der Waals surface area contributed by atoms with Crippen LogP contribution >= 0.6 is 24.2 Å². The first-order chi connectivity index (χ1) is 17.5. The monoisotopic (exact) mass is 539 g/mol. The molecule has 2 amide bonds. The molecule has 0 spiro atoms. The van der Waals surface area contributed by atoms with Crippen molar-refractivity contribution < 1.29 is 14.7 Å². The molecular formula is C26H45N5O3S2. The van der Waals surface area contributed by atoms with Crippen molar-refractivity contribution >= 4 is 51.8 Å². The van der Waals surface area contributed by atoms with Crippen molar-refractivity contribution in [2.75, 3.05) is 16.8 Å². The topological polar surface area (TPSA) is 96.5 Å². The Morgan fingerprint density at radius 2 is 1.75 bits per heavy atom. The van der Waals surface area contributed by atoms with E-state index in [-0.39, 0.29) is 18.0 Å². The first-order valence-electron chi connectivity index (χ1n) is 13.3. The van der Waals surface area contributed by atoms with Gasteiger partial charge in [0.2, 0.25) is 0 Å². The van der Waals surface area contributed by atoms with Crippen LogP contribution in [0.4, 0.5) is 15.5 Å². The highest BCUT2D eigenvalue weighted by molar-refractivity contribution is 7.80. The van der Waals surface area contributed by atoms with Gasteiger partial charge in [0.05, 0.1) is 11.2 Å². The zero-order chi connectivity index (χ0) is 26.2. The number of benzene rings is 1. The van der Waals surface area contributed by atoms with Gasteiger partial charge in [-0.1, -0.05) is 72.6 Å². The van der Waals surface area contributed by atoms with Gasteiger partial charge in [0.15, 0.2) is 0 Å². The lowest BCUT2D eigenvalue weighted by molar-refractivity contribution is -0.255. The van der Waals surface area contributed by atoms with Gasteiger partial charge in [0.25, 0.3) is 0 Å². The molecule has 0 aliphatic heterocycles. The molecule has 3 atom stereocenters. The van der Waals surface area contributed by atoms with Crippen molar-refractivity contribution in [1.29, 1.82) is 0 Å². The second-order valence-corrected chi connectivity index (χ2v) is 10.8. The van der Waals surface area contributed by atoms with Crippen LogP contribution < -0.4 is 21.6 Å². The summed E-state index contributed by atoms with van der Waals surface area (Å²) in [5.41, 5.74) is 10.1. The molecule has 2 rings (SSSR count). The smallest absolute Gasteiger partial charge is 0.333 e. The average molecular weight is 540 g/mol. The lowest BCUT2D eigenvalue weighted by atomic mass is 9.93. The number of hydrogen-bond donors (Lipinski definition) is 5. The van der Waals surface area contributed by atoms with E-state index < -0.39 is 0 Å². The summed E-state index contributed by atoms with van der Waals surface area (Å²) < 4.78 is 4.43. The Kier molecular flexibility index (Phi) is 15.0. The van der Waals surface area contributed by atoms with Crippen LogP contribution in [0.25, 0.3) is 10.9 Å². The molecule has 0 saturated carbocycles. The van der Waals surface area contributed by atoms with E-state index in [1.54, 1.807) is 0 Å². The van der Waals surface area contributed by atoms with Gasteiger partial charge in [-0.3, -0.25) is 10.9 Å². The van der Waals surface area contributed by atoms with Crippen LogP contribution in [0.1, 0.15) is 91.9 Å². The molecule has 4 N–H and O–H groups in total. The van der Waals surface area contributed by atoms with Crippen molar-refractivity contribution in [2.24, 2.45) is 11.8 Å². The number of unbranched alkanes of at least 4 members (excludes halogenated alkanes) is 1. The standard InChI is InChI=1S/C26H45N5O3S2/c1-5-9-19(3)11-7-8-12-21(14-13-20(4)10-6-2)27-26(32)29-28-25-23-17-22(30-34-33-18-35)15-16-24(23)31-36-25/h15-17,19-21,28,30,35H,5-14,18H2,1-4H3,(H2,27,29,32). The lowest BCUT2D eigenvalue weighted by Gasteiger charge is -2.21. The van der Waals surface area contributed by atoms with Crippen molar-refractivity contribution in [2.45, 2.75) is 97.9 Å². The molecule has 3 unspecified atom stereocenters. The molecule has 0 aliphatic rings. The summed E-state index contributed by atoms with van der Waals surface area (Å²) in [6.45, 7) is 9.13. The van der Waals surface area contributed by atoms with Gasteiger partial charge in [0, 0.05) is 11.4 Å². The Hall–Kier alpha value is -1.75. The highest BCUT2D eigenvalue weighted by Crippen LogP contribution is 2.29. The van der Waals surface area contributed by atoms with Crippen LogP contribution in [-0.2, 0) is 9.88 Å². The average Bonchev–Trinajstić information content (AvgIpc) is 3.26. The molecule has 10 heteroatoms. The van der Waals surface area contributed by atoms with E-state index in [4.69, 9.17) is 9.88 Å². The second-order valence-electron chi connectivity index (χ2n) is 9.75. The summed E-state index contributed by atoms with van der Waals surface area (Å²) in [5.74, 6) is 1.60. The van der Waals surface area contributed by atoms with Gasteiger partial charge in [-0.25, -0.2) is 15.2 Å². The van der Waals surface area contributed by atoms with Crippen LogP contribution in [0.3, 0.4) is 0 Å². The van der Waals surface area contributed by atoms with Gasteiger partial charge < -0.3 is 5.32 Å². The van der Waals surface area contributed by atoms with Gasteiger partial charge in [-0.15, -0.1) is 17.6 Å². The number of rotatable bonds is 19. The Morgan fingerprint density at radius 3 is 2.47 bits per heavy atom. The number of urea groups is 1. The maximum absolute atomic E-state index is 12.8. The van der Waals surface area contributed by atoms with E-state index >= 15 is 0 Å². The summed E-state index contributed by atoms with van der Waals surface area (Å²) in [6.07, 6.45) is 11.8. The van der Waals surface area contributed by atoms with Crippen molar-refractivity contribution in [1.82, 2.24) is 15.1 Å². The number of amides is 2. The molecule has 1 aromatic carbocycles. The van der Waals surface area contributed by atoms with E-state index in [0.29, 0.717) is 11.6 Å². The fourth-order valence-electron chi connectivity index (χ4n) is 4.47. The summed E-state index contributed by atoms with van der Waals surface area (Å²) in [5, 5.41) is 4.81. The van der Waals surface area contributed by atoms with Crippen molar-refractivity contribution in [3.63, 3.8) is 0 Å². The Labute approximate surface area is 226 Å². The number of hydrazine groups is 1. The number of nitrogens with one attached hydrogen (secondary N) is 4. The molecule has 2 aromatic rings. The van der Waals surface area contributed by atoms with Crippen LogP contribution in [0.15, 0.2) is 18.2 Å².